The highest BCUT2D eigenvalue weighted by Crippen LogP contribution is 2.08. The van der Waals surface area contributed by atoms with Crippen LogP contribution in [0.1, 0.15) is 19.3 Å². The molecule has 0 spiro atoms. The van der Waals surface area contributed by atoms with Crippen molar-refractivity contribution in [3.05, 3.63) is 0 Å². The van der Waals surface area contributed by atoms with Gasteiger partial charge in [-0.3, -0.25) is 0 Å². The number of hydrogen-bond donors (Lipinski definition) is 3. The second-order valence-corrected chi connectivity index (χ2v) is 4.20. The van der Waals surface area contributed by atoms with E-state index in [1.54, 1.807) is 0 Å². The Hall–Kier alpha value is -1.63. The number of nitrogen functional groups attached to an aromatic ring is 2. The molecule has 2 heterocycles. The van der Waals surface area contributed by atoms with Gasteiger partial charge in [0.2, 0.25) is 17.8 Å². The summed E-state index contributed by atoms with van der Waals surface area (Å²) in [5, 5.41) is 3.11. The van der Waals surface area contributed by atoms with E-state index >= 15 is 0 Å². The summed E-state index contributed by atoms with van der Waals surface area (Å²) in [4.78, 5) is 14.1. The minimum Gasteiger partial charge on any atom is -0.368 e. The first-order valence-corrected chi connectivity index (χ1v) is 5.97. The van der Waals surface area contributed by atoms with Crippen molar-refractivity contribution in [1.29, 1.82) is 0 Å². The molecule has 7 nitrogen and oxygen atoms in total. The summed E-state index contributed by atoms with van der Waals surface area (Å²) in [6.45, 7) is 4.15. The molecule has 1 aromatic rings. The number of nitrogens with two attached hydrogens (primary N) is 2. The fourth-order valence-corrected chi connectivity index (χ4v) is 2.00. The summed E-state index contributed by atoms with van der Waals surface area (Å²) in [7, 11) is 0. The smallest absolute Gasteiger partial charge is 0.229 e. The maximum absolute atomic E-state index is 5.48. The Morgan fingerprint density at radius 1 is 1.00 bits per heavy atom. The molecule has 1 saturated heterocycles. The molecule has 0 bridgehead atoms. The van der Waals surface area contributed by atoms with Gasteiger partial charge in [-0.25, -0.2) is 0 Å². The number of nitrogens with zero attached hydrogens (tertiary/aromatic N) is 4. The van der Waals surface area contributed by atoms with Gasteiger partial charge in [-0.05, 0) is 25.9 Å². The van der Waals surface area contributed by atoms with Crippen molar-refractivity contribution in [1.82, 2.24) is 19.9 Å². The standard InChI is InChI=1S/C10H19N7/c11-8-14-9(12)16-10(15-8)13-4-7-17-5-2-1-3-6-17/h1-7H2,(H5,11,12,13,14,15,16). The first-order chi connectivity index (χ1) is 8.24. The molecule has 5 N–H and O–H groups in total. The fourth-order valence-electron chi connectivity index (χ4n) is 2.00. The summed E-state index contributed by atoms with van der Waals surface area (Å²) in [5.41, 5.74) is 11.0. The predicted octanol–water partition coefficient (Wildman–Crippen LogP) is -0.0662. The highest BCUT2D eigenvalue weighted by Gasteiger charge is 2.09. The molecule has 0 saturated carbocycles. The molecule has 1 aliphatic rings. The number of likely N-dealkylation sites (tertiary alicyclic amines) is 1. The SMILES string of the molecule is Nc1nc(N)nc(NCCN2CCCCC2)n1. The normalized spacial score (nSPS) is 16.9. The minimum atomic E-state index is 0.151. The molecule has 0 aromatic carbocycles. The Balaban J connectivity index is 1.77. The molecule has 1 aliphatic heterocycles. The van der Waals surface area contributed by atoms with Crippen LogP contribution >= 0.6 is 0 Å². The van der Waals surface area contributed by atoms with E-state index in [0.717, 1.165) is 13.1 Å². The number of aromatic nitrogens is 3. The van der Waals surface area contributed by atoms with Crippen LogP contribution in [-0.2, 0) is 0 Å². The molecule has 17 heavy (non-hydrogen) atoms. The van der Waals surface area contributed by atoms with Crippen molar-refractivity contribution in [3.63, 3.8) is 0 Å². The van der Waals surface area contributed by atoms with E-state index in [4.69, 9.17) is 11.5 Å². The van der Waals surface area contributed by atoms with E-state index in [1.807, 2.05) is 0 Å². The Bertz CT molecular complexity index is 341. The molecule has 0 amide bonds. The molecule has 0 atom stereocenters. The number of hydrogen-bond acceptors (Lipinski definition) is 7. The Morgan fingerprint density at radius 3 is 2.29 bits per heavy atom. The highest BCUT2D eigenvalue weighted by molar-refractivity contribution is 5.36. The number of anilines is 3. The van der Waals surface area contributed by atoms with Crippen LogP contribution in [0.4, 0.5) is 17.8 Å². The van der Waals surface area contributed by atoms with Gasteiger partial charge in [-0.15, -0.1) is 0 Å². The van der Waals surface area contributed by atoms with Crippen LogP contribution in [0.3, 0.4) is 0 Å². The molecule has 1 aromatic heterocycles. The lowest BCUT2D eigenvalue weighted by Crippen LogP contribution is -2.34. The third-order valence-corrected chi connectivity index (χ3v) is 2.83. The monoisotopic (exact) mass is 237 g/mol. The van der Waals surface area contributed by atoms with Gasteiger partial charge >= 0.3 is 0 Å². The van der Waals surface area contributed by atoms with Crippen LogP contribution < -0.4 is 16.8 Å². The van der Waals surface area contributed by atoms with E-state index in [1.165, 1.54) is 32.4 Å². The molecule has 0 unspecified atom stereocenters. The summed E-state index contributed by atoms with van der Waals surface area (Å²) in [6.07, 6.45) is 3.95. The Morgan fingerprint density at radius 2 is 1.65 bits per heavy atom. The van der Waals surface area contributed by atoms with Crippen LogP contribution in [0.15, 0.2) is 0 Å². The zero-order valence-electron chi connectivity index (χ0n) is 9.89. The average Bonchev–Trinajstić information content (AvgIpc) is 2.29. The zero-order valence-corrected chi connectivity index (χ0v) is 9.89. The summed E-state index contributed by atoms with van der Waals surface area (Å²) in [5.74, 6) is 0.753. The van der Waals surface area contributed by atoms with Gasteiger partial charge in [0.05, 0.1) is 0 Å². The summed E-state index contributed by atoms with van der Waals surface area (Å²) < 4.78 is 0. The predicted molar refractivity (Wildman–Crippen MR) is 67.4 cm³/mol. The third kappa shape index (κ3) is 3.70. The Kier molecular flexibility index (Phi) is 3.92. The second kappa shape index (κ2) is 5.62. The van der Waals surface area contributed by atoms with Crippen LogP contribution in [0.5, 0.6) is 0 Å². The number of piperidine rings is 1. The second-order valence-electron chi connectivity index (χ2n) is 4.20. The van der Waals surface area contributed by atoms with Crippen molar-refractivity contribution in [3.8, 4) is 0 Å². The van der Waals surface area contributed by atoms with Crippen LogP contribution in [0.25, 0.3) is 0 Å². The molecule has 1 fully saturated rings. The quantitative estimate of drug-likeness (QED) is 0.673. The third-order valence-electron chi connectivity index (χ3n) is 2.83. The molecule has 7 heteroatoms. The van der Waals surface area contributed by atoms with Gasteiger partial charge in [-0.1, -0.05) is 6.42 Å². The molecule has 94 valence electrons. The van der Waals surface area contributed by atoms with Gasteiger partial charge in [0.15, 0.2) is 0 Å². The van der Waals surface area contributed by atoms with E-state index in [9.17, 15) is 0 Å². The molecule has 2 rings (SSSR count). The highest BCUT2D eigenvalue weighted by atomic mass is 15.2. The summed E-state index contributed by atoms with van der Waals surface area (Å²) in [6, 6.07) is 0. The van der Waals surface area contributed by atoms with Gasteiger partial charge in [-0.2, -0.15) is 15.0 Å². The van der Waals surface area contributed by atoms with E-state index in [0.29, 0.717) is 5.95 Å². The fraction of sp³-hybridized carbons (Fsp3) is 0.700. The lowest BCUT2D eigenvalue weighted by Gasteiger charge is -2.26. The molecular weight excluding hydrogens is 218 g/mol. The van der Waals surface area contributed by atoms with Crippen molar-refractivity contribution in [2.45, 2.75) is 19.3 Å². The topological polar surface area (TPSA) is 106 Å². The maximum atomic E-state index is 5.48. The lowest BCUT2D eigenvalue weighted by atomic mass is 10.1. The van der Waals surface area contributed by atoms with Crippen molar-refractivity contribution in [2.24, 2.45) is 0 Å². The average molecular weight is 237 g/mol. The molecule has 0 radical (unpaired) electrons. The summed E-state index contributed by atoms with van der Waals surface area (Å²) >= 11 is 0. The van der Waals surface area contributed by atoms with Gasteiger partial charge in [0.1, 0.15) is 0 Å². The van der Waals surface area contributed by atoms with Crippen LogP contribution in [-0.4, -0.2) is 46.0 Å². The van der Waals surface area contributed by atoms with Gasteiger partial charge in [0.25, 0.3) is 0 Å². The molecule has 0 aliphatic carbocycles. The minimum absolute atomic E-state index is 0.151. The van der Waals surface area contributed by atoms with Crippen LogP contribution in [0.2, 0.25) is 0 Å². The number of rotatable bonds is 4. The largest absolute Gasteiger partial charge is 0.368 e. The van der Waals surface area contributed by atoms with Gasteiger partial charge in [0, 0.05) is 13.1 Å². The molecular formula is C10H19N7. The first kappa shape index (κ1) is 11.8. The van der Waals surface area contributed by atoms with E-state index in [-0.39, 0.29) is 11.9 Å². The maximum Gasteiger partial charge on any atom is 0.229 e. The van der Waals surface area contributed by atoms with E-state index in [2.05, 4.69) is 25.2 Å². The van der Waals surface area contributed by atoms with Crippen molar-refractivity contribution < 1.29 is 0 Å². The van der Waals surface area contributed by atoms with Crippen molar-refractivity contribution in [2.75, 3.05) is 43.0 Å². The van der Waals surface area contributed by atoms with Crippen LogP contribution in [0, 0.1) is 0 Å². The zero-order chi connectivity index (χ0) is 12.1. The number of nitrogens with one attached hydrogen (secondary N) is 1. The van der Waals surface area contributed by atoms with E-state index < -0.39 is 0 Å². The Labute approximate surface area is 101 Å². The van der Waals surface area contributed by atoms with Gasteiger partial charge < -0.3 is 21.7 Å². The first-order valence-electron chi connectivity index (χ1n) is 5.97. The lowest BCUT2D eigenvalue weighted by molar-refractivity contribution is 0.237. The van der Waals surface area contributed by atoms with Crippen molar-refractivity contribution >= 4 is 17.8 Å².